The van der Waals surface area contributed by atoms with Crippen molar-refractivity contribution >= 4 is 61.7 Å². The Kier molecular flexibility index (Phi) is 15.5. The Morgan fingerprint density at radius 1 is 0.944 bits per heavy atom. The maximum atomic E-state index is 14.7. The van der Waals surface area contributed by atoms with E-state index in [0.717, 1.165) is 23.4 Å². The summed E-state index contributed by atoms with van der Waals surface area (Å²) in [7, 11) is -2.26. The Balaban J connectivity index is 0.988. The van der Waals surface area contributed by atoms with Crippen LogP contribution in [0.3, 0.4) is 0 Å². The van der Waals surface area contributed by atoms with Gasteiger partial charge >= 0.3 is 0 Å². The lowest BCUT2D eigenvalue weighted by atomic mass is 9.85. The SMILES string of the molecule is CN[C@@H](C)C(=O)NC(C(=O)N1C[C@@H](Oc2cnc(N3CCN(CCOc4cc5ncnc(Nc6n[nH]c(C)c6C)c5cc4S(=O)(=O)C(C)(C)C)CC3)nc2)C[C@H]1C(=O)Nc1c(F)cccc1F)C(C)(C)C. The van der Waals surface area contributed by atoms with Crippen molar-refractivity contribution in [3.05, 3.63) is 71.9 Å². The van der Waals surface area contributed by atoms with Gasteiger partial charge in [-0.25, -0.2) is 37.1 Å². The number of anilines is 4. The average Bonchev–Trinajstić information content (AvgIpc) is 3.89. The Morgan fingerprint density at radius 3 is 2.23 bits per heavy atom. The average molecular weight is 1000 g/mol. The fourth-order valence-electron chi connectivity index (χ4n) is 8.13. The van der Waals surface area contributed by atoms with Crippen LogP contribution >= 0.6 is 0 Å². The molecule has 3 aromatic heterocycles. The molecule has 3 amide bonds. The van der Waals surface area contributed by atoms with Gasteiger partial charge in [0.1, 0.15) is 64.9 Å². The summed E-state index contributed by atoms with van der Waals surface area (Å²) in [6.45, 7) is 18.8. The molecular formula is C48H63F2N13O7S. The molecule has 7 rings (SSSR count). The summed E-state index contributed by atoms with van der Waals surface area (Å²) < 4.78 is 68.7. The number of ether oxygens (including phenoxy) is 2. The van der Waals surface area contributed by atoms with Gasteiger partial charge in [0.2, 0.25) is 23.7 Å². The van der Waals surface area contributed by atoms with E-state index in [1.165, 1.54) is 29.7 Å². The van der Waals surface area contributed by atoms with Gasteiger partial charge in [-0.3, -0.25) is 24.4 Å². The number of fused-ring (bicyclic) bond motifs is 1. The van der Waals surface area contributed by atoms with Crippen molar-refractivity contribution in [2.45, 2.75) is 103 Å². The Morgan fingerprint density at radius 2 is 1.62 bits per heavy atom. The van der Waals surface area contributed by atoms with Crippen molar-refractivity contribution in [3.63, 3.8) is 0 Å². The summed E-state index contributed by atoms with van der Waals surface area (Å²) in [5, 5.41) is 19.0. The lowest BCUT2D eigenvalue weighted by Crippen LogP contribution is -2.59. The Labute approximate surface area is 412 Å². The van der Waals surface area contributed by atoms with Crippen LogP contribution < -0.4 is 35.6 Å². The normalized spacial score (nSPS) is 17.7. The van der Waals surface area contributed by atoms with E-state index < -0.39 is 79.3 Å². The fourth-order valence-corrected chi connectivity index (χ4v) is 9.44. The number of hydrogen-bond donors (Lipinski definition) is 5. The highest BCUT2D eigenvalue weighted by atomic mass is 32.2. The number of sulfone groups is 1. The van der Waals surface area contributed by atoms with Crippen LogP contribution in [0.2, 0.25) is 0 Å². The summed E-state index contributed by atoms with van der Waals surface area (Å²) in [6, 6.07) is 3.51. The topological polar surface area (TPSA) is 242 Å². The van der Waals surface area contributed by atoms with Crippen LogP contribution in [0.15, 0.2) is 53.9 Å². The molecule has 2 fully saturated rings. The van der Waals surface area contributed by atoms with Crippen LogP contribution in [0.5, 0.6) is 11.5 Å². The van der Waals surface area contributed by atoms with E-state index in [2.05, 4.69) is 56.3 Å². The first-order chi connectivity index (χ1) is 33.5. The maximum absolute atomic E-state index is 14.7. The number of aromatic nitrogens is 6. The van der Waals surface area contributed by atoms with Gasteiger partial charge in [-0.2, -0.15) is 5.10 Å². The second kappa shape index (κ2) is 21.0. The molecule has 5 heterocycles. The minimum Gasteiger partial charge on any atom is -0.491 e. The van der Waals surface area contributed by atoms with Crippen molar-refractivity contribution in [1.29, 1.82) is 0 Å². The standard InChI is InChI=1S/C48H63F2N13O7S/c1-27-28(2)59-60-41(27)58-42-32-21-38(71(67,68)48(7,8)9)37(22-35(32)54-26-55-42)69-19-18-61-14-16-62(17-15-61)46-52-23-31(24-53-46)70-30-20-36(44(65)56-39-33(49)12-11-13-34(39)50)63(25-30)45(66)40(47(4,5)6)57-43(64)29(3)51-10/h11-13,21-24,26,29-30,36,40,51H,14-20,25H2,1-10H3,(H,56,65)(H,57,64)(H2,54,55,58,59,60)/t29-,30-,36-,40?/m0/s1. The van der Waals surface area contributed by atoms with Crippen LogP contribution in [0, 0.1) is 30.9 Å². The number of para-hydroxylation sites is 1. The largest absolute Gasteiger partial charge is 0.491 e. The summed E-state index contributed by atoms with van der Waals surface area (Å²) in [4.78, 5) is 64.6. The van der Waals surface area contributed by atoms with E-state index in [1.807, 2.05) is 18.7 Å². The molecule has 2 saturated heterocycles. The molecule has 0 aliphatic carbocycles. The number of likely N-dealkylation sites (tertiary alicyclic amines) is 1. The van der Waals surface area contributed by atoms with Crippen molar-refractivity contribution in [2.75, 3.05) is 68.5 Å². The van der Waals surface area contributed by atoms with Crippen LogP contribution in [0.25, 0.3) is 10.9 Å². The number of halogens is 2. The minimum absolute atomic E-state index is 0.0355. The summed E-state index contributed by atoms with van der Waals surface area (Å²) in [6.07, 6.45) is 3.62. The second-order valence-electron chi connectivity index (χ2n) is 19.9. The van der Waals surface area contributed by atoms with E-state index in [0.29, 0.717) is 61.2 Å². The van der Waals surface area contributed by atoms with Crippen molar-refractivity contribution < 1.29 is 41.1 Å². The molecule has 5 aromatic rings. The smallest absolute Gasteiger partial charge is 0.247 e. The predicted octanol–water partition coefficient (Wildman–Crippen LogP) is 4.68. The zero-order chi connectivity index (χ0) is 51.6. The molecule has 2 aliphatic rings. The molecule has 0 saturated carbocycles. The quantitative estimate of drug-likeness (QED) is 0.0902. The predicted molar refractivity (Wildman–Crippen MR) is 263 cm³/mol. The summed E-state index contributed by atoms with van der Waals surface area (Å²) in [5.74, 6) is -1.86. The van der Waals surface area contributed by atoms with Gasteiger partial charge in [0.15, 0.2) is 21.4 Å². The highest BCUT2D eigenvalue weighted by molar-refractivity contribution is 7.92. The highest BCUT2D eigenvalue weighted by Gasteiger charge is 2.46. The molecule has 23 heteroatoms. The van der Waals surface area contributed by atoms with E-state index in [9.17, 15) is 31.6 Å². The maximum Gasteiger partial charge on any atom is 0.247 e. The number of nitrogens with zero attached hydrogens (tertiary/aromatic N) is 8. The number of H-pyrrole nitrogens is 1. The van der Waals surface area contributed by atoms with Gasteiger partial charge in [0, 0.05) is 61.9 Å². The number of likely N-dealkylation sites (N-methyl/N-ethyl adjacent to an activating group) is 1. The van der Waals surface area contributed by atoms with Crippen LogP contribution in [0.4, 0.5) is 32.1 Å². The lowest BCUT2D eigenvalue weighted by molar-refractivity contribution is -0.143. The van der Waals surface area contributed by atoms with Crippen molar-refractivity contribution in [1.82, 2.24) is 50.6 Å². The molecule has 0 spiro atoms. The first-order valence-electron chi connectivity index (χ1n) is 23.4. The number of piperazine rings is 1. The Bertz CT molecular complexity index is 2850. The highest BCUT2D eigenvalue weighted by Crippen LogP contribution is 2.38. The molecule has 71 heavy (non-hydrogen) atoms. The van der Waals surface area contributed by atoms with Gasteiger partial charge in [-0.05, 0) is 72.2 Å². The Hall–Kier alpha value is -6.59. The molecule has 0 bridgehead atoms. The fraction of sp³-hybridized carbons (Fsp3) is 0.500. The number of nitrogens with one attached hydrogen (secondary N) is 5. The van der Waals surface area contributed by atoms with Crippen LogP contribution in [0.1, 0.15) is 66.1 Å². The third-order valence-electron chi connectivity index (χ3n) is 12.8. The number of rotatable bonds is 16. The molecule has 382 valence electrons. The van der Waals surface area contributed by atoms with E-state index in [-0.39, 0.29) is 36.0 Å². The van der Waals surface area contributed by atoms with Gasteiger partial charge < -0.3 is 40.5 Å². The minimum atomic E-state index is -3.88. The third kappa shape index (κ3) is 11.6. The van der Waals surface area contributed by atoms with E-state index >= 15 is 0 Å². The molecular weight excluding hydrogens is 941 g/mol. The molecule has 2 aliphatic heterocycles. The zero-order valence-corrected chi connectivity index (χ0v) is 42.5. The van der Waals surface area contributed by atoms with Crippen molar-refractivity contribution in [3.8, 4) is 11.5 Å². The number of aromatic amines is 1. The number of aryl methyl sites for hydroxylation is 1. The summed E-state index contributed by atoms with van der Waals surface area (Å²) >= 11 is 0. The van der Waals surface area contributed by atoms with Gasteiger partial charge in [-0.15, -0.1) is 0 Å². The van der Waals surface area contributed by atoms with Gasteiger partial charge in [0.05, 0.1) is 35.2 Å². The van der Waals surface area contributed by atoms with Gasteiger partial charge in [0.25, 0.3) is 0 Å². The van der Waals surface area contributed by atoms with E-state index in [4.69, 9.17) is 9.47 Å². The molecule has 4 atom stereocenters. The van der Waals surface area contributed by atoms with Gasteiger partial charge in [-0.1, -0.05) is 26.8 Å². The van der Waals surface area contributed by atoms with Crippen LogP contribution in [-0.4, -0.2) is 148 Å². The second-order valence-corrected chi connectivity index (χ2v) is 22.6. The number of amides is 3. The number of carbonyl (C=O) groups excluding carboxylic acids is 3. The molecule has 0 radical (unpaired) electrons. The van der Waals surface area contributed by atoms with E-state index in [1.54, 1.807) is 67.6 Å². The summed E-state index contributed by atoms with van der Waals surface area (Å²) in [5.41, 5.74) is 0.855. The first kappa shape index (κ1) is 52.2. The molecule has 1 unspecified atom stereocenters. The third-order valence-corrected chi connectivity index (χ3v) is 15.3. The first-order valence-corrected chi connectivity index (χ1v) is 24.9. The number of benzene rings is 2. The lowest BCUT2D eigenvalue weighted by Gasteiger charge is -2.35. The zero-order valence-electron chi connectivity index (χ0n) is 41.7. The monoisotopic (exact) mass is 1000 g/mol. The van der Waals surface area contributed by atoms with Crippen LogP contribution in [-0.2, 0) is 24.2 Å². The number of carbonyl (C=O) groups is 3. The molecule has 5 N–H and O–H groups in total. The molecule has 2 aromatic carbocycles. The number of hydrogen-bond acceptors (Lipinski definition) is 16. The molecule has 20 nitrogen and oxygen atoms in total. The van der Waals surface area contributed by atoms with Crippen molar-refractivity contribution in [2.24, 2.45) is 5.41 Å².